The minimum atomic E-state index is -3.01. The van der Waals surface area contributed by atoms with Crippen LogP contribution in [0.4, 0.5) is 0 Å². The highest BCUT2D eigenvalue weighted by atomic mass is 16.7. The van der Waals surface area contributed by atoms with Crippen LogP contribution in [-0.2, 0) is 4.74 Å². The molecule has 2 aromatic carbocycles. The van der Waals surface area contributed by atoms with E-state index in [-0.39, 0.29) is 11.5 Å². The second kappa shape index (κ2) is 7.88. The smallest absolute Gasteiger partial charge is 0.232 e. The van der Waals surface area contributed by atoms with Crippen molar-refractivity contribution in [3.05, 3.63) is 66.2 Å². The van der Waals surface area contributed by atoms with Crippen LogP contribution in [0.25, 0.3) is 6.08 Å². The Morgan fingerprint density at radius 2 is 1.64 bits per heavy atom. The number of benzene rings is 2. The fourth-order valence-electron chi connectivity index (χ4n) is 2.92. The minimum absolute atomic E-state index is 0.0622. The molecule has 28 heavy (non-hydrogen) atoms. The zero-order chi connectivity index (χ0) is 20.4. The molecule has 150 valence electrons. The molecule has 8 nitrogen and oxygen atoms in total. The van der Waals surface area contributed by atoms with Crippen molar-refractivity contribution < 1.29 is 40.1 Å². The molecular formula is C20H22O8. The minimum Gasteiger partial charge on any atom is -0.508 e. The van der Waals surface area contributed by atoms with Crippen LogP contribution in [0, 0.1) is 0 Å². The predicted molar refractivity (Wildman–Crippen MR) is 98.1 cm³/mol. The summed E-state index contributed by atoms with van der Waals surface area (Å²) in [5.74, 6) is -2.67. The van der Waals surface area contributed by atoms with Gasteiger partial charge in [0, 0.05) is 0 Å². The van der Waals surface area contributed by atoms with Gasteiger partial charge in [0.1, 0.15) is 23.2 Å². The van der Waals surface area contributed by atoms with Crippen LogP contribution in [0.3, 0.4) is 0 Å². The van der Waals surface area contributed by atoms with Crippen molar-refractivity contribution in [2.45, 2.75) is 29.9 Å². The third kappa shape index (κ3) is 3.88. The van der Waals surface area contributed by atoms with Gasteiger partial charge in [-0.2, -0.15) is 0 Å². The second-order valence-corrected chi connectivity index (χ2v) is 6.59. The molecule has 1 saturated heterocycles. The predicted octanol–water partition coefficient (Wildman–Crippen LogP) is -0.0255. The SMILES string of the molecule is OC[C@@]1(/C=C/c2ccc(O)cc2)O[C@@H](Oc2ccccc2)[C@H](O)C(O)(O)[C@@H]1O. The van der Waals surface area contributed by atoms with Crippen molar-refractivity contribution >= 4 is 6.08 Å². The van der Waals surface area contributed by atoms with Crippen LogP contribution in [0.1, 0.15) is 5.56 Å². The lowest BCUT2D eigenvalue weighted by Crippen LogP contribution is -2.72. The van der Waals surface area contributed by atoms with E-state index >= 15 is 0 Å². The lowest BCUT2D eigenvalue weighted by molar-refractivity contribution is -0.393. The molecule has 0 radical (unpaired) electrons. The van der Waals surface area contributed by atoms with Gasteiger partial charge in [-0.1, -0.05) is 36.4 Å². The summed E-state index contributed by atoms with van der Waals surface area (Å²) in [5.41, 5.74) is -1.38. The number of aliphatic hydroxyl groups excluding tert-OH is 3. The van der Waals surface area contributed by atoms with Gasteiger partial charge in [-0.25, -0.2) is 0 Å². The van der Waals surface area contributed by atoms with Gasteiger partial charge in [0.05, 0.1) is 6.61 Å². The summed E-state index contributed by atoms with van der Waals surface area (Å²) in [6.45, 7) is -0.826. The molecule has 1 aliphatic rings. The number of phenols is 1. The van der Waals surface area contributed by atoms with E-state index in [1.54, 1.807) is 42.5 Å². The van der Waals surface area contributed by atoms with E-state index in [9.17, 15) is 30.6 Å². The van der Waals surface area contributed by atoms with Crippen LogP contribution in [0.15, 0.2) is 60.7 Å². The normalized spacial score (nSPS) is 29.7. The van der Waals surface area contributed by atoms with Gasteiger partial charge in [-0.15, -0.1) is 0 Å². The van der Waals surface area contributed by atoms with E-state index in [0.29, 0.717) is 5.56 Å². The number of aromatic hydroxyl groups is 1. The summed E-state index contributed by atoms with van der Waals surface area (Å²) >= 11 is 0. The van der Waals surface area contributed by atoms with E-state index in [2.05, 4.69) is 0 Å². The maximum atomic E-state index is 10.4. The number of aliphatic hydroxyl groups is 5. The highest BCUT2D eigenvalue weighted by molar-refractivity contribution is 5.52. The Kier molecular flexibility index (Phi) is 5.71. The van der Waals surface area contributed by atoms with Crippen LogP contribution in [0.2, 0.25) is 0 Å². The van der Waals surface area contributed by atoms with Gasteiger partial charge in [0.25, 0.3) is 0 Å². The number of phenolic OH excluding ortho intramolecular Hbond substituents is 1. The lowest BCUT2D eigenvalue weighted by Gasteiger charge is -2.49. The first-order valence-corrected chi connectivity index (χ1v) is 8.58. The number of ether oxygens (including phenoxy) is 2. The molecule has 0 aromatic heterocycles. The molecule has 0 saturated carbocycles. The Balaban J connectivity index is 1.92. The van der Waals surface area contributed by atoms with Gasteiger partial charge < -0.3 is 40.1 Å². The van der Waals surface area contributed by atoms with Crippen molar-refractivity contribution in [3.8, 4) is 11.5 Å². The van der Waals surface area contributed by atoms with Crippen LogP contribution >= 0.6 is 0 Å². The fraction of sp³-hybridized carbons (Fsp3) is 0.300. The monoisotopic (exact) mass is 390 g/mol. The molecule has 1 aliphatic heterocycles. The Bertz CT molecular complexity index is 805. The molecule has 0 bridgehead atoms. The van der Waals surface area contributed by atoms with Gasteiger partial charge in [0.15, 0.2) is 6.10 Å². The van der Waals surface area contributed by atoms with Crippen molar-refractivity contribution in [1.82, 2.24) is 0 Å². The van der Waals surface area contributed by atoms with Crippen molar-refractivity contribution in [2.75, 3.05) is 6.61 Å². The molecule has 1 fully saturated rings. The Morgan fingerprint density at radius 3 is 2.25 bits per heavy atom. The molecular weight excluding hydrogens is 368 g/mol. The summed E-state index contributed by atoms with van der Waals surface area (Å²) in [7, 11) is 0. The Labute approximate surface area is 161 Å². The molecule has 0 amide bonds. The number of hydrogen-bond acceptors (Lipinski definition) is 8. The quantitative estimate of drug-likeness (QED) is 0.391. The summed E-state index contributed by atoms with van der Waals surface area (Å²) in [4.78, 5) is 0. The fourth-order valence-corrected chi connectivity index (χ4v) is 2.92. The lowest BCUT2D eigenvalue weighted by atomic mass is 9.84. The highest BCUT2D eigenvalue weighted by Gasteiger charge is 2.61. The van der Waals surface area contributed by atoms with Crippen LogP contribution in [0.5, 0.6) is 11.5 Å². The third-order valence-electron chi connectivity index (χ3n) is 4.59. The Hall–Kier alpha value is -2.46. The standard InChI is InChI=1S/C20H22O8/c21-12-19(11-10-13-6-8-14(22)9-7-13)18(24)20(25,26)16(23)17(28-19)27-15-4-2-1-3-5-15/h1-11,16-18,21-26H,12H2/b11-10+/t16-,17+,18+,19+/m0/s1. The van der Waals surface area contributed by atoms with Crippen molar-refractivity contribution in [3.63, 3.8) is 0 Å². The van der Waals surface area contributed by atoms with Gasteiger partial charge in [-0.05, 0) is 35.9 Å². The molecule has 4 atom stereocenters. The summed E-state index contributed by atoms with van der Waals surface area (Å²) in [6.07, 6.45) is -2.96. The number of rotatable bonds is 5. The Morgan fingerprint density at radius 1 is 1.00 bits per heavy atom. The first kappa shape index (κ1) is 20.3. The number of hydrogen-bond donors (Lipinski definition) is 6. The molecule has 0 aliphatic carbocycles. The molecule has 0 spiro atoms. The molecule has 6 N–H and O–H groups in total. The van der Waals surface area contributed by atoms with Gasteiger partial charge in [-0.3, -0.25) is 0 Å². The van der Waals surface area contributed by atoms with E-state index in [1.807, 2.05) is 0 Å². The van der Waals surface area contributed by atoms with E-state index in [1.165, 1.54) is 24.3 Å². The van der Waals surface area contributed by atoms with Crippen LogP contribution < -0.4 is 4.74 Å². The molecule has 0 unspecified atom stereocenters. The van der Waals surface area contributed by atoms with E-state index in [0.717, 1.165) is 0 Å². The average Bonchev–Trinajstić information content (AvgIpc) is 2.70. The van der Waals surface area contributed by atoms with Gasteiger partial charge >= 0.3 is 0 Å². The second-order valence-electron chi connectivity index (χ2n) is 6.59. The number of para-hydroxylation sites is 1. The first-order valence-electron chi connectivity index (χ1n) is 8.58. The molecule has 3 rings (SSSR count). The third-order valence-corrected chi connectivity index (χ3v) is 4.59. The largest absolute Gasteiger partial charge is 0.508 e. The maximum absolute atomic E-state index is 10.4. The molecule has 1 heterocycles. The topological polar surface area (TPSA) is 140 Å². The summed E-state index contributed by atoms with van der Waals surface area (Å²) in [6, 6.07) is 14.3. The first-order chi connectivity index (χ1) is 13.3. The van der Waals surface area contributed by atoms with E-state index < -0.39 is 36.5 Å². The molecule has 8 heteroatoms. The van der Waals surface area contributed by atoms with Crippen LogP contribution in [-0.4, -0.2) is 67.1 Å². The summed E-state index contributed by atoms with van der Waals surface area (Å²) < 4.78 is 11.1. The molecule has 2 aromatic rings. The summed E-state index contributed by atoms with van der Waals surface area (Å²) in [5, 5.41) is 60.5. The average molecular weight is 390 g/mol. The zero-order valence-electron chi connectivity index (χ0n) is 14.8. The zero-order valence-corrected chi connectivity index (χ0v) is 14.8. The van der Waals surface area contributed by atoms with E-state index in [4.69, 9.17) is 9.47 Å². The highest BCUT2D eigenvalue weighted by Crippen LogP contribution is 2.37. The maximum Gasteiger partial charge on any atom is 0.232 e. The van der Waals surface area contributed by atoms with Crippen molar-refractivity contribution in [1.29, 1.82) is 0 Å². The van der Waals surface area contributed by atoms with Crippen molar-refractivity contribution in [2.24, 2.45) is 0 Å². The van der Waals surface area contributed by atoms with Gasteiger partial charge in [0.2, 0.25) is 12.1 Å².